The lowest BCUT2D eigenvalue weighted by Crippen LogP contribution is -1.95. The molecule has 22 heavy (non-hydrogen) atoms. The summed E-state index contributed by atoms with van der Waals surface area (Å²) in [5.74, 6) is 0.885. The summed E-state index contributed by atoms with van der Waals surface area (Å²) in [6.45, 7) is 2.64. The molecule has 0 aliphatic heterocycles. The molecule has 3 aromatic carbocycles. The molecular weight excluding hydrogens is 292 g/mol. The van der Waals surface area contributed by atoms with Gasteiger partial charge in [0.25, 0.3) is 0 Å². The standard InChI is InChI=1S/C20H17ClO/c1-15-12-18(21)10-11-20(15)17-7-5-6-16(13-17)14-22-19-8-3-2-4-9-19/h2-13H,14H2,1H3. The summed E-state index contributed by atoms with van der Waals surface area (Å²) < 4.78 is 5.81. The van der Waals surface area contributed by atoms with Crippen LogP contribution >= 0.6 is 11.6 Å². The van der Waals surface area contributed by atoms with Crippen LogP contribution in [0, 0.1) is 6.92 Å². The minimum absolute atomic E-state index is 0.560. The predicted molar refractivity (Wildman–Crippen MR) is 92.4 cm³/mol. The smallest absolute Gasteiger partial charge is 0.119 e. The number of hydrogen-bond acceptors (Lipinski definition) is 1. The SMILES string of the molecule is Cc1cc(Cl)ccc1-c1cccc(COc2ccccc2)c1. The highest BCUT2D eigenvalue weighted by Crippen LogP contribution is 2.27. The lowest BCUT2D eigenvalue weighted by atomic mass is 9.99. The quantitative estimate of drug-likeness (QED) is 0.583. The third-order valence-electron chi connectivity index (χ3n) is 3.58. The molecule has 0 fully saturated rings. The summed E-state index contributed by atoms with van der Waals surface area (Å²) in [6.07, 6.45) is 0. The van der Waals surface area contributed by atoms with Crippen LogP contribution in [-0.2, 0) is 6.61 Å². The predicted octanol–water partition coefficient (Wildman–Crippen LogP) is 5.89. The monoisotopic (exact) mass is 308 g/mol. The Labute approximate surface area is 136 Å². The molecule has 0 bridgehead atoms. The first-order valence-corrected chi connectivity index (χ1v) is 7.63. The van der Waals surface area contributed by atoms with E-state index >= 15 is 0 Å². The van der Waals surface area contributed by atoms with Gasteiger partial charge in [0.2, 0.25) is 0 Å². The number of ether oxygens (including phenoxy) is 1. The molecule has 0 saturated heterocycles. The Bertz CT molecular complexity index is 766. The van der Waals surface area contributed by atoms with Gasteiger partial charge in [-0.3, -0.25) is 0 Å². The summed E-state index contributed by atoms with van der Waals surface area (Å²) in [5, 5.41) is 0.768. The summed E-state index contributed by atoms with van der Waals surface area (Å²) in [7, 11) is 0. The number of rotatable bonds is 4. The molecule has 0 heterocycles. The van der Waals surface area contributed by atoms with E-state index < -0.39 is 0 Å². The zero-order chi connectivity index (χ0) is 15.4. The fourth-order valence-electron chi connectivity index (χ4n) is 2.46. The van der Waals surface area contributed by atoms with E-state index in [9.17, 15) is 0 Å². The molecular formula is C20H17ClO. The van der Waals surface area contributed by atoms with Gasteiger partial charge in [0, 0.05) is 5.02 Å². The van der Waals surface area contributed by atoms with E-state index in [0.29, 0.717) is 6.61 Å². The van der Waals surface area contributed by atoms with E-state index in [1.807, 2.05) is 42.5 Å². The van der Waals surface area contributed by atoms with E-state index in [2.05, 4.69) is 37.3 Å². The Hall–Kier alpha value is -2.25. The molecule has 0 radical (unpaired) electrons. The van der Waals surface area contributed by atoms with Gasteiger partial charge in [0.15, 0.2) is 0 Å². The molecule has 110 valence electrons. The Morgan fingerprint density at radius 2 is 1.68 bits per heavy atom. The second-order valence-corrected chi connectivity index (χ2v) is 5.70. The van der Waals surface area contributed by atoms with Crippen LogP contribution in [0.2, 0.25) is 5.02 Å². The van der Waals surface area contributed by atoms with Crippen LogP contribution < -0.4 is 4.74 Å². The summed E-state index contributed by atoms with van der Waals surface area (Å²) >= 11 is 6.03. The van der Waals surface area contributed by atoms with Crippen molar-refractivity contribution in [1.29, 1.82) is 0 Å². The molecule has 3 aromatic rings. The highest BCUT2D eigenvalue weighted by molar-refractivity contribution is 6.30. The van der Waals surface area contributed by atoms with Crippen LogP contribution in [0.3, 0.4) is 0 Å². The van der Waals surface area contributed by atoms with E-state index in [4.69, 9.17) is 16.3 Å². The number of para-hydroxylation sites is 1. The maximum Gasteiger partial charge on any atom is 0.119 e. The Kier molecular flexibility index (Phi) is 4.45. The number of benzene rings is 3. The maximum atomic E-state index is 6.03. The van der Waals surface area contributed by atoms with Gasteiger partial charge in [0.05, 0.1) is 0 Å². The molecule has 0 amide bonds. The van der Waals surface area contributed by atoms with Crippen molar-refractivity contribution < 1.29 is 4.74 Å². The van der Waals surface area contributed by atoms with Crippen molar-refractivity contribution in [2.75, 3.05) is 0 Å². The number of hydrogen-bond donors (Lipinski definition) is 0. The van der Waals surface area contributed by atoms with Crippen molar-refractivity contribution in [3.05, 3.63) is 88.9 Å². The van der Waals surface area contributed by atoms with Crippen molar-refractivity contribution >= 4 is 11.6 Å². The van der Waals surface area contributed by atoms with Gasteiger partial charge in [0.1, 0.15) is 12.4 Å². The Morgan fingerprint density at radius 3 is 2.45 bits per heavy atom. The van der Waals surface area contributed by atoms with Crippen LogP contribution in [0.5, 0.6) is 5.75 Å². The zero-order valence-corrected chi connectivity index (χ0v) is 13.2. The molecule has 2 heteroatoms. The average Bonchev–Trinajstić information content (AvgIpc) is 2.54. The molecule has 0 aromatic heterocycles. The summed E-state index contributed by atoms with van der Waals surface area (Å²) in [5.41, 5.74) is 4.71. The summed E-state index contributed by atoms with van der Waals surface area (Å²) in [4.78, 5) is 0. The zero-order valence-electron chi connectivity index (χ0n) is 12.4. The first-order valence-electron chi connectivity index (χ1n) is 7.26. The molecule has 0 N–H and O–H groups in total. The maximum absolute atomic E-state index is 6.03. The fourth-order valence-corrected chi connectivity index (χ4v) is 2.69. The first-order chi connectivity index (χ1) is 10.7. The van der Waals surface area contributed by atoms with Crippen LogP contribution in [0.1, 0.15) is 11.1 Å². The highest BCUT2D eigenvalue weighted by Gasteiger charge is 2.04. The van der Waals surface area contributed by atoms with Crippen molar-refractivity contribution in [3.63, 3.8) is 0 Å². The topological polar surface area (TPSA) is 9.23 Å². The summed E-state index contributed by atoms with van der Waals surface area (Å²) in [6, 6.07) is 24.3. The van der Waals surface area contributed by atoms with Crippen LogP contribution in [0.15, 0.2) is 72.8 Å². The van der Waals surface area contributed by atoms with Gasteiger partial charge in [-0.05, 0) is 59.5 Å². The van der Waals surface area contributed by atoms with Gasteiger partial charge >= 0.3 is 0 Å². The Morgan fingerprint density at radius 1 is 0.864 bits per heavy atom. The number of halogens is 1. The van der Waals surface area contributed by atoms with E-state index in [-0.39, 0.29) is 0 Å². The first kappa shape index (κ1) is 14.7. The third kappa shape index (κ3) is 3.49. The van der Waals surface area contributed by atoms with E-state index in [1.165, 1.54) is 16.7 Å². The van der Waals surface area contributed by atoms with Gasteiger partial charge in [-0.15, -0.1) is 0 Å². The lowest BCUT2D eigenvalue weighted by Gasteiger charge is -2.10. The minimum atomic E-state index is 0.560. The molecule has 0 unspecified atom stereocenters. The van der Waals surface area contributed by atoms with Crippen LogP contribution in [0.4, 0.5) is 0 Å². The largest absolute Gasteiger partial charge is 0.489 e. The molecule has 0 aliphatic carbocycles. The van der Waals surface area contributed by atoms with Gasteiger partial charge in [-0.1, -0.05) is 54.1 Å². The van der Waals surface area contributed by atoms with E-state index in [1.54, 1.807) is 0 Å². The van der Waals surface area contributed by atoms with Crippen molar-refractivity contribution in [3.8, 4) is 16.9 Å². The Balaban J connectivity index is 1.80. The highest BCUT2D eigenvalue weighted by atomic mass is 35.5. The second kappa shape index (κ2) is 6.67. The van der Waals surface area contributed by atoms with Crippen LogP contribution in [-0.4, -0.2) is 0 Å². The molecule has 0 spiro atoms. The normalized spacial score (nSPS) is 10.5. The molecule has 1 nitrogen and oxygen atoms in total. The number of aryl methyl sites for hydroxylation is 1. The third-order valence-corrected chi connectivity index (χ3v) is 3.81. The van der Waals surface area contributed by atoms with Crippen molar-refractivity contribution in [2.45, 2.75) is 13.5 Å². The van der Waals surface area contributed by atoms with Gasteiger partial charge in [-0.2, -0.15) is 0 Å². The van der Waals surface area contributed by atoms with Crippen molar-refractivity contribution in [1.82, 2.24) is 0 Å². The van der Waals surface area contributed by atoms with Crippen molar-refractivity contribution in [2.24, 2.45) is 0 Å². The van der Waals surface area contributed by atoms with Gasteiger partial charge < -0.3 is 4.74 Å². The molecule has 0 aliphatic rings. The molecule has 0 saturated carbocycles. The minimum Gasteiger partial charge on any atom is -0.489 e. The average molecular weight is 309 g/mol. The van der Waals surface area contributed by atoms with Crippen LogP contribution in [0.25, 0.3) is 11.1 Å². The fraction of sp³-hybridized carbons (Fsp3) is 0.100. The molecule has 3 rings (SSSR count). The molecule has 0 atom stereocenters. The lowest BCUT2D eigenvalue weighted by molar-refractivity contribution is 0.306. The van der Waals surface area contributed by atoms with Gasteiger partial charge in [-0.25, -0.2) is 0 Å². The second-order valence-electron chi connectivity index (χ2n) is 5.26. The van der Waals surface area contributed by atoms with E-state index in [0.717, 1.165) is 16.3 Å².